The molecule has 0 amide bonds. The first kappa shape index (κ1) is 14.8. The maximum Gasteiger partial charge on any atom is 0.119 e. The van der Waals surface area contributed by atoms with Crippen LogP contribution >= 0.6 is 0 Å². The smallest absolute Gasteiger partial charge is 0.119 e. The van der Waals surface area contributed by atoms with Crippen molar-refractivity contribution in [3.63, 3.8) is 0 Å². The topological polar surface area (TPSA) is 35.9 Å². The van der Waals surface area contributed by atoms with Gasteiger partial charge >= 0.3 is 0 Å². The highest BCUT2D eigenvalue weighted by molar-refractivity contribution is 5.20. The third-order valence-corrected chi connectivity index (χ3v) is 4.74. The Bertz CT molecular complexity index is 418. The zero-order valence-corrected chi connectivity index (χ0v) is 12.7. The van der Waals surface area contributed by atoms with E-state index in [2.05, 4.69) is 9.80 Å². The molecule has 21 heavy (non-hydrogen) atoms. The Morgan fingerprint density at radius 1 is 1.05 bits per heavy atom. The second kappa shape index (κ2) is 7.25. The summed E-state index contributed by atoms with van der Waals surface area (Å²) >= 11 is 0. The number of rotatable bonds is 5. The zero-order chi connectivity index (χ0) is 14.5. The van der Waals surface area contributed by atoms with Gasteiger partial charge in [-0.2, -0.15) is 0 Å². The summed E-state index contributed by atoms with van der Waals surface area (Å²) in [6.07, 6.45) is 3.23. The lowest BCUT2D eigenvalue weighted by atomic mass is 10.1. The van der Waals surface area contributed by atoms with Crippen molar-refractivity contribution in [2.24, 2.45) is 0 Å². The fourth-order valence-electron chi connectivity index (χ4n) is 3.47. The minimum atomic E-state index is -0.0991. The van der Waals surface area contributed by atoms with Gasteiger partial charge < -0.3 is 9.84 Å². The highest BCUT2D eigenvalue weighted by Crippen LogP contribution is 2.24. The molecule has 0 spiro atoms. The molecule has 116 valence electrons. The average molecular weight is 290 g/mol. The number of ether oxygens (including phenoxy) is 1. The van der Waals surface area contributed by atoms with Crippen molar-refractivity contribution in [1.29, 1.82) is 0 Å². The summed E-state index contributed by atoms with van der Waals surface area (Å²) in [5.74, 6) is 0.949. The predicted molar refractivity (Wildman–Crippen MR) is 83.6 cm³/mol. The van der Waals surface area contributed by atoms with Crippen molar-refractivity contribution in [3.8, 4) is 5.75 Å². The fourth-order valence-corrected chi connectivity index (χ4v) is 3.47. The Balaban J connectivity index is 1.36. The van der Waals surface area contributed by atoms with Crippen LogP contribution in [0.4, 0.5) is 0 Å². The minimum Gasteiger partial charge on any atom is -0.492 e. The molecular weight excluding hydrogens is 264 g/mol. The van der Waals surface area contributed by atoms with Crippen molar-refractivity contribution in [2.75, 3.05) is 39.3 Å². The van der Waals surface area contributed by atoms with Gasteiger partial charge in [0.15, 0.2) is 0 Å². The Morgan fingerprint density at radius 2 is 1.81 bits per heavy atom. The lowest BCUT2D eigenvalue weighted by Gasteiger charge is -2.39. The molecule has 1 saturated heterocycles. The minimum absolute atomic E-state index is 0.0991. The van der Waals surface area contributed by atoms with Crippen LogP contribution in [0.2, 0.25) is 0 Å². The van der Waals surface area contributed by atoms with E-state index in [1.54, 1.807) is 0 Å². The van der Waals surface area contributed by atoms with Gasteiger partial charge in [0, 0.05) is 38.8 Å². The first-order valence-electron chi connectivity index (χ1n) is 8.15. The van der Waals surface area contributed by atoms with Gasteiger partial charge in [-0.25, -0.2) is 0 Å². The molecule has 0 unspecified atom stereocenters. The van der Waals surface area contributed by atoms with Crippen molar-refractivity contribution < 1.29 is 9.84 Å². The van der Waals surface area contributed by atoms with Gasteiger partial charge in [0.2, 0.25) is 0 Å². The molecule has 1 heterocycles. The number of hydrogen-bond acceptors (Lipinski definition) is 4. The second-order valence-electron chi connectivity index (χ2n) is 6.10. The van der Waals surface area contributed by atoms with Crippen LogP contribution in [-0.2, 0) is 0 Å². The highest BCUT2D eigenvalue weighted by atomic mass is 16.5. The molecule has 2 fully saturated rings. The van der Waals surface area contributed by atoms with Crippen LogP contribution in [0.25, 0.3) is 0 Å². The number of aliphatic hydroxyl groups excluding tert-OH is 1. The average Bonchev–Trinajstić information content (AvgIpc) is 2.95. The van der Waals surface area contributed by atoms with Gasteiger partial charge in [-0.3, -0.25) is 9.80 Å². The number of nitrogens with zero attached hydrogens (tertiary/aromatic N) is 2. The van der Waals surface area contributed by atoms with E-state index < -0.39 is 0 Å². The van der Waals surface area contributed by atoms with Gasteiger partial charge in [-0.15, -0.1) is 0 Å². The molecule has 0 aromatic heterocycles. The van der Waals surface area contributed by atoms with Crippen molar-refractivity contribution in [2.45, 2.75) is 31.4 Å². The monoisotopic (exact) mass is 290 g/mol. The largest absolute Gasteiger partial charge is 0.492 e. The summed E-state index contributed by atoms with van der Waals surface area (Å²) in [5.41, 5.74) is 0. The van der Waals surface area contributed by atoms with Crippen LogP contribution in [-0.4, -0.2) is 66.4 Å². The van der Waals surface area contributed by atoms with Gasteiger partial charge in [0.1, 0.15) is 12.4 Å². The number of para-hydroxylation sites is 1. The van der Waals surface area contributed by atoms with Crippen LogP contribution in [0.3, 0.4) is 0 Å². The lowest BCUT2D eigenvalue weighted by molar-refractivity contribution is 0.0325. The number of piperazine rings is 1. The van der Waals surface area contributed by atoms with Crippen molar-refractivity contribution in [3.05, 3.63) is 30.3 Å². The Kier molecular flexibility index (Phi) is 5.12. The quantitative estimate of drug-likeness (QED) is 0.893. The summed E-state index contributed by atoms with van der Waals surface area (Å²) in [7, 11) is 0. The van der Waals surface area contributed by atoms with Crippen LogP contribution in [0, 0.1) is 0 Å². The van der Waals surface area contributed by atoms with Gasteiger partial charge in [0.05, 0.1) is 6.10 Å². The number of hydrogen-bond donors (Lipinski definition) is 1. The molecule has 1 saturated carbocycles. The third kappa shape index (κ3) is 3.96. The lowest BCUT2D eigenvalue weighted by Crippen LogP contribution is -2.52. The summed E-state index contributed by atoms with van der Waals surface area (Å²) in [4.78, 5) is 4.94. The van der Waals surface area contributed by atoms with E-state index in [4.69, 9.17) is 4.74 Å². The molecule has 1 aliphatic carbocycles. The molecule has 3 rings (SSSR count). The molecular formula is C17H26N2O2. The first-order valence-corrected chi connectivity index (χ1v) is 8.15. The second-order valence-corrected chi connectivity index (χ2v) is 6.10. The predicted octanol–water partition coefficient (Wildman–Crippen LogP) is 1.60. The zero-order valence-electron chi connectivity index (χ0n) is 12.7. The number of aliphatic hydroxyl groups is 1. The first-order chi connectivity index (χ1) is 10.3. The molecule has 0 bridgehead atoms. The Morgan fingerprint density at radius 3 is 2.48 bits per heavy atom. The molecule has 1 N–H and O–H groups in total. The van der Waals surface area contributed by atoms with E-state index in [9.17, 15) is 5.11 Å². The molecule has 1 aromatic rings. The Hall–Kier alpha value is -1.10. The number of benzene rings is 1. The fraction of sp³-hybridized carbons (Fsp3) is 0.647. The molecule has 2 aliphatic rings. The maximum absolute atomic E-state index is 10.00. The molecule has 4 nitrogen and oxygen atoms in total. The highest BCUT2D eigenvalue weighted by Gasteiger charge is 2.32. The molecule has 4 heteroatoms. The van der Waals surface area contributed by atoms with Crippen LogP contribution in [0.5, 0.6) is 5.75 Å². The van der Waals surface area contributed by atoms with E-state index >= 15 is 0 Å². The molecule has 0 radical (unpaired) electrons. The van der Waals surface area contributed by atoms with Crippen LogP contribution in [0.15, 0.2) is 30.3 Å². The SMILES string of the molecule is O[C@@H]1CCC[C@H]1N1CCN(CCOc2ccccc2)CC1. The summed E-state index contributed by atoms with van der Waals surface area (Å²) in [6.45, 7) is 6.05. The summed E-state index contributed by atoms with van der Waals surface area (Å²) < 4.78 is 5.76. The summed E-state index contributed by atoms with van der Waals surface area (Å²) in [5, 5.41) is 10.00. The molecule has 2 atom stereocenters. The molecule has 1 aromatic carbocycles. The van der Waals surface area contributed by atoms with E-state index in [-0.39, 0.29) is 6.10 Å². The van der Waals surface area contributed by atoms with Crippen LogP contribution in [0.1, 0.15) is 19.3 Å². The van der Waals surface area contributed by atoms with Crippen molar-refractivity contribution >= 4 is 0 Å². The summed E-state index contributed by atoms with van der Waals surface area (Å²) in [6, 6.07) is 10.4. The maximum atomic E-state index is 10.00. The standard InChI is InChI=1S/C17H26N2O2/c20-17-8-4-7-16(17)19-11-9-18(10-12-19)13-14-21-15-5-2-1-3-6-15/h1-3,5-6,16-17,20H,4,7-14H2/t16-,17-/m1/s1. The van der Waals surface area contributed by atoms with E-state index in [0.717, 1.165) is 57.9 Å². The van der Waals surface area contributed by atoms with Gasteiger partial charge in [0.25, 0.3) is 0 Å². The van der Waals surface area contributed by atoms with Crippen molar-refractivity contribution in [1.82, 2.24) is 9.80 Å². The van der Waals surface area contributed by atoms with E-state index in [1.165, 1.54) is 6.42 Å². The van der Waals surface area contributed by atoms with Gasteiger partial charge in [-0.1, -0.05) is 18.2 Å². The Labute approximate surface area is 127 Å². The van der Waals surface area contributed by atoms with Crippen LogP contribution < -0.4 is 4.74 Å². The van der Waals surface area contributed by atoms with Gasteiger partial charge in [-0.05, 0) is 31.4 Å². The third-order valence-electron chi connectivity index (χ3n) is 4.74. The molecule has 1 aliphatic heterocycles. The normalized spacial score (nSPS) is 27.9. The van der Waals surface area contributed by atoms with E-state index in [0.29, 0.717) is 6.04 Å². The van der Waals surface area contributed by atoms with E-state index in [1.807, 2.05) is 30.3 Å².